The molecule has 0 bridgehead atoms. The summed E-state index contributed by atoms with van der Waals surface area (Å²) in [5.74, 6) is 0.969. The van der Waals surface area contributed by atoms with Crippen molar-refractivity contribution >= 4 is 22.4 Å². The molecule has 4 rings (SSSR count). The minimum Gasteiger partial charge on any atom is -0.490 e. The molecule has 1 aliphatic carbocycles. The molecule has 156 valence electrons. The molecule has 1 amide bonds. The van der Waals surface area contributed by atoms with Gasteiger partial charge in [0.25, 0.3) is 0 Å². The van der Waals surface area contributed by atoms with E-state index < -0.39 is 5.41 Å². The highest BCUT2D eigenvalue weighted by Crippen LogP contribution is 2.43. The molecule has 0 aliphatic heterocycles. The first-order valence-electron chi connectivity index (χ1n) is 11.1. The van der Waals surface area contributed by atoms with Gasteiger partial charge < -0.3 is 10.1 Å². The molecule has 1 unspecified atom stereocenters. The average molecular weight is 402 g/mol. The zero-order valence-corrected chi connectivity index (χ0v) is 18.2. The third kappa shape index (κ3) is 3.81. The highest BCUT2D eigenvalue weighted by molar-refractivity contribution is 6.07. The zero-order chi connectivity index (χ0) is 21.1. The summed E-state index contributed by atoms with van der Waals surface area (Å²) in [5.41, 5.74) is 2.76. The Labute approximate surface area is 179 Å². The van der Waals surface area contributed by atoms with Crippen LogP contribution < -0.4 is 10.1 Å². The van der Waals surface area contributed by atoms with Crippen LogP contribution in [-0.2, 0) is 10.2 Å². The molecule has 3 heteroatoms. The first-order valence-corrected chi connectivity index (χ1v) is 11.1. The largest absolute Gasteiger partial charge is 0.490 e. The van der Waals surface area contributed by atoms with E-state index in [0.29, 0.717) is 0 Å². The Morgan fingerprint density at radius 1 is 1.00 bits per heavy atom. The van der Waals surface area contributed by atoms with Crippen molar-refractivity contribution in [3.8, 4) is 5.75 Å². The Balaban J connectivity index is 1.69. The number of hydrogen-bond acceptors (Lipinski definition) is 2. The minimum absolute atomic E-state index is 0.101. The van der Waals surface area contributed by atoms with E-state index in [2.05, 4.69) is 62.5 Å². The predicted molar refractivity (Wildman–Crippen MR) is 124 cm³/mol. The lowest BCUT2D eigenvalue weighted by Crippen LogP contribution is -2.38. The Morgan fingerprint density at radius 2 is 1.67 bits per heavy atom. The molecule has 1 fully saturated rings. The van der Waals surface area contributed by atoms with Gasteiger partial charge in [0, 0.05) is 16.5 Å². The van der Waals surface area contributed by atoms with Gasteiger partial charge >= 0.3 is 0 Å². The molecule has 1 atom stereocenters. The van der Waals surface area contributed by atoms with Crippen molar-refractivity contribution < 1.29 is 9.53 Å². The van der Waals surface area contributed by atoms with Gasteiger partial charge in [-0.1, -0.05) is 73.9 Å². The number of amides is 1. The maximum absolute atomic E-state index is 13.6. The molecule has 1 N–H and O–H groups in total. The molecule has 3 nitrogen and oxygen atoms in total. The molecule has 3 aromatic rings. The van der Waals surface area contributed by atoms with Crippen molar-refractivity contribution in [3.63, 3.8) is 0 Å². The van der Waals surface area contributed by atoms with Gasteiger partial charge in [-0.25, -0.2) is 0 Å². The fraction of sp³-hybridized carbons (Fsp3) is 0.370. The fourth-order valence-electron chi connectivity index (χ4n) is 4.52. The second kappa shape index (κ2) is 8.51. The van der Waals surface area contributed by atoms with Crippen molar-refractivity contribution in [2.75, 3.05) is 5.32 Å². The fourth-order valence-corrected chi connectivity index (χ4v) is 4.52. The van der Waals surface area contributed by atoms with E-state index in [1.54, 1.807) is 0 Å². The smallest absolute Gasteiger partial charge is 0.235 e. The summed E-state index contributed by atoms with van der Waals surface area (Å²) in [7, 11) is 0. The van der Waals surface area contributed by atoms with E-state index in [1.807, 2.05) is 24.3 Å². The van der Waals surface area contributed by atoms with Gasteiger partial charge in [-0.15, -0.1) is 0 Å². The molecule has 1 saturated carbocycles. The predicted octanol–water partition coefficient (Wildman–Crippen LogP) is 6.78. The number of rotatable bonds is 6. The van der Waals surface area contributed by atoms with Gasteiger partial charge in [0.05, 0.1) is 11.5 Å². The topological polar surface area (TPSA) is 38.3 Å². The first kappa shape index (κ1) is 20.5. The Hall–Kier alpha value is -2.81. The van der Waals surface area contributed by atoms with Crippen LogP contribution in [-0.4, -0.2) is 12.0 Å². The molecule has 0 radical (unpaired) electrons. The molecule has 0 spiro atoms. The number of nitrogens with one attached hydrogen (secondary N) is 1. The Kier molecular flexibility index (Phi) is 5.80. The lowest BCUT2D eigenvalue weighted by molar-refractivity contribution is -0.121. The standard InChI is InChI=1S/C27H31NO2/c1-4-20(3)30-25-16-15-24(22-9-5-6-10-23(22)25)28-26(29)27(17-7-8-18-27)21-13-11-19(2)12-14-21/h5-6,9-16,20H,4,7-8,17-18H2,1-3H3,(H,28,29). The van der Waals surface area contributed by atoms with Crippen LogP contribution in [0.25, 0.3) is 10.8 Å². The monoisotopic (exact) mass is 401 g/mol. The summed E-state index contributed by atoms with van der Waals surface area (Å²) in [6, 6.07) is 20.6. The van der Waals surface area contributed by atoms with Crippen LogP contribution in [0.4, 0.5) is 5.69 Å². The SMILES string of the molecule is CCC(C)Oc1ccc(NC(=O)C2(c3ccc(C)cc3)CCCC2)c2ccccc12. The minimum atomic E-state index is -0.444. The molecular formula is C27H31NO2. The molecule has 1 aliphatic rings. The third-order valence-corrected chi connectivity index (χ3v) is 6.53. The van der Waals surface area contributed by atoms with Crippen LogP contribution in [0.1, 0.15) is 57.1 Å². The van der Waals surface area contributed by atoms with E-state index in [9.17, 15) is 4.79 Å². The molecular weight excluding hydrogens is 370 g/mol. The van der Waals surface area contributed by atoms with Gasteiger partial charge in [0.2, 0.25) is 5.91 Å². The normalized spacial score (nSPS) is 16.4. The van der Waals surface area contributed by atoms with Crippen molar-refractivity contribution in [2.24, 2.45) is 0 Å². The van der Waals surface area contributed by atoms with Crippen molar-refractivity contribution in [1.29, 1.82) is 0 Å². The summed E-state index contributed by atoms with van der Waals surface area (Å²) >= 11 is 0. The van der Waals surface area contributed by atoms with Crippen LogP contribution in [0.5, 0.6) is 5.75 Å². The third-order valence-electron chi connectivity index (χ3n) is 6.53. The Bertz CT molecular complexity index is 1030. The van der Waals surface area contributed by atoms with E-state index in [0.717, 1.165) is 59.9 Å². The average Bonchev–Trinajstić information content (AvgIpc) is 3.27. The molecule has 0 heterocycles. The summed E-state index contributed by atoms with van der Waals surface area (Å²) in [4.78, 5) is 13.6. The van der Waals surface area contributed by atoms with Gasteiger partial charge in [0.15, 0.2) is 0 Å². The van der Waals surface area contributed by atoms with Gasteiger partial charge in [-0.05, 0) is 50.8 Å². The maximum Gasteiger partial charge on any atom is 0.235 e. The lowest BCUT2D eigenvalue weighted by atomic mass is 9.77. The Morgan fingerprint density at radius 3 is 2.33 bits per heavy atom. The number of fused-ring (bicyclic) bond motifs is 1. The maximum atomic E-state index is 13.6. The highest BCUT2D eigenvalue weighted by atomic mass is 16.5. The van der Waals surface area contributed by atoms with Crippen molar-refractivity contribution in [2.45, 2.75) is 64.4 Å². The van der Waals surface area contributed by atoms with Crippen LogP contribution in [0.3, 0.4) is 0 Å². The van der Waals surface area contributed by atoms with E-state index in [4.69, 9.17) is 4.74 Å². The lowest BCUT2D eigenvalue weighted by Gasteiger charge is -2.29. The molecule has 3 aromatic carbocycles. The number of hydrogen-bond donors (Lipinski definition) is 1. The quantitative estimate of drug-likeness (QED) is 0.494. The van der Waals surface area contributed by atoms with Crippen LogP contribution >= 0.6 is 0 Å². The van der Waals surface area contributed by atoms with Gasteiger partial charge in [-0.2, -0.15) is 0 Å². The second-order valence-electron chi connectivity index (χ2n) is 8.60. The number of ether oxygens (including phenoxy) is 1. The molecule has 30 heavy (non-hydrogen) atoms. The van der Waals surface area contributed by atoms with Gasteiger partial charge in [0.1, 0.15) is 5.75 Å². The van der Waals surface area contributed by atoms with E-state index in [1.165, 1.54) is 5.56 Å². The van der Waals surface area contributed by atoms with Crippen LogP contribution in [0, 0.1) is 6.92 Å². The second-order valence-corrected chi connectivity index (χ2v) is 8.60. The van der Waals surface area contributed by atoms with Crippen LogP contribution in [0.2, 0.25) is 0 Å². The summed E-state index contributed by atoms with van der Waals surface area (Å²) in [6.45, 7) is 6.28. The number of benzene rings is 3. The van der Waals surface area contributed by atoms with E-state index >= 15 is 0 Å². The number of aryl methyl sites for hydroxylation is 1. The zero-order valence-electron chi connectivity index (χ0n) is 18.2. The van der Waals surface area contributed by atoms with E-state index in [-0.39, 0.29) is 12.0 Å². The summed E-state index contributed by atoms with van der Waals surface area (Å²) < 4.78 is 6.12. The first-order chi connectivity index (χ1) is 14.5. The number of carbonyl (C=O) groups excluding carboxylic acids is 1. The summed E-state index contributed by atoms with van der Waals surface area (Å²) in [6.07, 6.45) is 5.07. The number of carbonyl (C=O) groups is 1. The number of anilines is 1. The van der Waals surface area contributed by atoms with Gasteiger partial charge in [-0.3, -0.25) is 4.79 Å². The van der Waals surface area contributed by atoms with Crippen molar-refractivity contribution in [1.82, 2.24) is 0 Å². The molecule has 0 aromatic heterocycles. The molecule has 0 saturated heterocycles. The highest BCUT2D eigenvalue weighted by Gasteiger charge is 2.42. The van der Waals surface area contributed by atoms with Crippen molar-refractivity contribution in [3.05, 3.63) is 71.8 Å². The summed E-state index contributed by atoms with van der Waals surface area (Å²) in [5, 5.41) is 5.33. The van der Waals surface area contributed by atoms with Crippen LogP contribution in [0.15, 0.2) is 60.7 Å².